The van der Waals surface area contributed by atoms with Gasteiger partial charge in [-0.3, -0.25) is 0 Å². The zero-order valence-electron chi connectivity index (χ0n) is 6.67. The van der Waals surface area contributed by atoms with Crippen molar-refractivity contribution in [1.29, 1.82) is 0 Å². The van der Waals surface area contributed by atoms with E-state index in [1.165, 1.54) is 0 Å². The maximum absolute atomic E-state index is 10.5. The fourth-order valence-electron chi connectivity index (χ4n) is 0.823. The van der Waals surface area contributed by atoms with E-state index in [4.69, 9.17) is 20.4 Å². The van der Waals surface area contributed by atoms with Gasteiger partial charge in [-0.25, -0.2) is 4.79 Å². The van der Waals surface area contributed by atoms with Crippen LogP contribution >= 0.6 is 0 Å². The van der Waals surface area contributed by atoms with Crippen molar-refractivity contribution < 1.29 is 30.0 Å². The van der Waals surface area contributed by atoms with Gasteiger partial charge < -0.3 is 25.2 Å². The minimum Gasteiger partial charge on any atom is -0.505 e. The van der Waals surface area contributed by atoms with Crippen LogP contribution in [0, 0.1) is 0 Å². The summed E-state index contributed by atoms with van der Waals surface area (Å²) in [7, 11) is 0. The Kier molecular flexibility index (Phi) is 5.01. The van der Waals surface area contributed by atoms with Crippen molar-refractivity contribution in [2.24, 2.45) is 0 Å². The number of carbonyl (C=O) groups is 1. The number of aliphatic hydroxyl groups is 4. The molecule has 4 N–H and O–H groups in total. The van der Waals surface area contributed by atoms with E-state index >= 15 is 0 Å². The molecular formula is C6H8CaO6+2. The van der Waals surface area contributed by atoms with E-state index in [1.807, 2.05) is 0 Å². The maximum Gasteiger partial charge on any atom is 2.00 e. The first-order valence-electron chi connectivity index (χ1n) is 3.20. The zero-order chi connectivity index (χ0) is 9.30. The molecule has 1 rings (SSSR count). The van der Waals surface area contributed by atoms with Gasteiger partial charge in [0.05, 0.1) is 6.61 Å². The normalized spacial score (nSPS) is 23.8. The minimum absolute atomic E-state index is 0. The molecular weight excluding hydrogens is 208 g/mol. The van der Waals surface area contributed by atoms with Gasteiger partial charge >= 0.3 is 43.7 Å². The summed E-state index contributed by atoms with van der Waals surface area (Å²) in [5, 5.41) is 35.0. The van der Waals surface area contributed by atoms with Crippen LogP contribution in [0.25, 0.3) is 0 Å². The number of carbonyl (C=O) groups excluding carboxylic acids is 1. The van der Waals surface area contributed by atoms with E-state index in [1.54, 1.807) is 0 Å². The molecule has 0 amide bonds. The summed E-state index contributed by atoms with van der Waals surface area (Å²) in [5.74, 6) is -2.78. The molecule has 1 aliphatic rings. The fourth-order valence-corrected chi connectivity index (χ4v) is 0.823. The largest absolute Gasteiger partial charge is 2.00 e. The van der Waals surface area contributed by atoms with Crippen LogP contribution in [0.2, 0.25) is 0 Å². The molecule has 68 valence electrons. The van der Waals surface area contributed by atoms with Crippen LogP contribution in [0.3, 0.4) is 0 Å². The number of esters is 1. The van der Waals surface area contributed by atoms with Crippen molar-refractivity contribution >= 4 is 43.7 Å². The van der Waals surface area contributed by atoms with Crippen LogP contribution < -0.4 is 0 Å². The molecule has 0 aromatic carbocycles. The van der Waals surface area contributed by atoms with Crippen molar-refractivity contribution in [3.05, 3.63) is 11.5 Å². The molecule has 0 saturated heterocycles. The summed E-state index contributed by atoms with van der Waals surface area (Å²) in [6, 6.07) is 0. The average Bonchev–Trinajstić information content (AvgIpc) is 2.32. The van der Waals surface area contributed by atoms with Gasteiger partial charge in [0.2, 0.25) is 5.76 Å². The van der Waals surface area contributed by atoms with Gasteiger partial charge in [-0.2, -0.15) is 0 Å². The van der Waals surface area contributed by atoms with Crippen molar-refractivity contribution in [2.75, 3.05) is 6.61 Å². The molecule has 0 radical (unpaired) electrons. The Hall–Kier alpha value is -0.0103. The topological polar surface area (TPSA) is 107 Å². The molecule has 2 atom stereocenters. The Bertz CT molecular complexity index is 237. The second-order valence-electron chi connectivity index (χ2n) is 2.31. The van der Waals surface area contributed by atoms with E-state index in [2.05, 4.69) is 4.74 Å². The Labute approximate surface area is 103 Å². The van der Waals surface area contributed by atoms with Gasteiger partial charge in [0.15, 0.2) is 11.9 Å². The predicted molar refractivity (Wildman–Crippen MR) is 41.0 cm³/mol. The maximum atomic E-state index is 10.5. The third-order valence-corrected chi connectivity index (χ3v) is 1.48. The molecule has 0 saturated carbocycles. The van der Waals surface area contributed by atoms with E-state index in [9.17, 15) is 4.79 Å². The van der Waals surface area contributed by atoms with Crippen LogP contribution in [0.15, 0.2) is 11.5 Å². The Morgan fingerprint density at radius 2 is 2.00 bits per heavy atom. The number of rotatable bonds is 2. The fraction of sp³-hybridized carbons (Fsp3) is 0.500. The molecule has 0 aliphatic carbocycles. The number of ether oxygens (including phenoxy) is 1. The third kappa shape index (κ3) is 2.47. The minimum atomic E-state index is -1.42. The summed E-state index contributed by atoms with van der Waals surface area (Å²) < 4.78 is 4.32. The zero-order valence-corrected chi connectivity index (χ0v) is 8.88. The molecule has 7 heteroatoms. The van der Waals surface area contributed by atoms with E-state index in [-0.39, 0.29) is 37.7 Å². The van der Waals surface area contributed by atoms with Gasteiger partial charge in [0, 0.05) is 0 Å². The molecule has 0 aromatic heterocycles. The summed E-state index contributed by atoms with van der Waals surface area (Å²) in [6.07, 6.45) is -2.78. The van der Waals surface area contributed by atoms with Crippen molar-refractivity contribution in [3.8, 4) is 0 Å². The Morgan fingerprint density at radius 1 is 1.46 bits per heavy atom. The number of cyclic esters (lactones) is 1. The molecule has 0 fully saturated rings. The number of hydrogen-bond acceptors (Lipinski definition) is 6. The summed E-state index contributed by atoms with van der Waals surface area (Å²) in [4.78, 5) is 10.5. The summed E-state index contributed by atoms with van der Waals surface area (Å²) in [6.45, 7) is -0.671. The molecule has 6 nitrogen and oxygen atoms in total. The van der Waals surface area contributed by atoms with Crippen LogP contribution in [-0.4, -0.2) is 82.9 Å². The van der Waals surface area contributed by atoms with Crippen LogP contribution in [-0.2, 0) is 9.53 Å². The van der Waals surface area contributed by atoms with E-state index in [0.717, 1.165) is 0 Å². The third-order valence-electron chi connectivity index (χ3n) is 1.48. The Morgan fingerprint density at radius 3 is 2.31 bits per heavy atom. The first-order chi connectivity index (χ1) is 5.57. The molecule has 0 bridgehead atoms. The summed E-state index contributed by atoms with van der Waals surface area (Å²) in [5.41, 5.74) is 0. The van der Waals surface area contributed by atoms with Gasteiger partial charge in [-0.05, 0) is 0 Å². The van der Waals surface area contributed by atoms with Crippen LogP contribution in [0.4, 0.5) is 0 Å². The molecule has 13 heavy (non-hydrogen) atoms. The average molecular weight is 216 g/mol. The molecule has 1 heterocycles. The van der Waals surface area contributed by atoms with Crippen molar-refractivity contribution in [3.63, 3.8) is 0 Å². The van der Waals surface area contributed by atoms with Crippen LogP contribution in [0.1, 0.15) is 0 Å². The molecule has 0 spiro atoms. The Balaban J connectivity index is 0.00000144. The second kappa shape index (κ2) is 5.02. The number of aliphatic hydroxyl groups excluding tert-OH is 4. The smallest absolute Gasteiger partial charge is 0.505 e. The van der Waals surface area contributed by atoms with Crippen molar-refractivity contribution in [1.82, 2.24) is 0 Å². The monoisotopic (exact) mass is 216 g/mol. The number of hydrogen-bond donors (Lipinski definition) is 4. The van der Waals surface area contributed by atoms with Gasteiger partial charge in [0.1, 0.15) is 6.10 Å². The van der Waals surface area contributed by atoms with Gasteiger partial charge in [-0.1, -0.05) is 0 Å². The SMILES string of the molecule is O=C1O[C@H]([C@@H](O)CO)C(O)=C1O.[Ca+2]. The first-order valence-corrected chi connectivity index (χ1v) is 3.20. The van der Waals surface area contributed by atoms with Gasteiger partial charge in [0.25, 0.3) is 0 Å². The van der Waals surface area contributed by atoms with Crippen LogP contribution in [0.5, 0.6) is 0 Å². The molecule has 0 aromatic rings. The van der Waals surface area contributed by atoms with E-state index in [0.29, 0.717) is 0 Å². The molecule has 1 aliphatic heterocycles. The predicted octanol–water partition coefficient (Wildman–Crippen LogP) is -1.79. The second-order valence-corrected chi connectivity index (χ2v) is 2.31. The summed E-state index contributed by atoms with van der Waals surface area (Å²) >= 11 is 0. The van der Waals surface area contributed by atoms with Crippen molar-refractivity contribution in [2.45, 2.75) is 12.2 Å². The quantitative estimate of drug-likeness (QED) is 0.321. The first kappa shape index (κ1) is 13.0. The molecule has 0 unspecified atom stereocenters. The standard InChI is InChI=1S/C6H8O6.Ca/c7-1-2(8)5-3(9)4(10)6(11)12-5;/h2,5,7-10H,1H2;/q;+2/t2-,5+;/m0./s1. The van der Waals surface area contributed by atoms with Gasteiger partial charge in [-0.15, -0.1) is 0 Å². The van der Waals surface area contributed by atoms with E-state index < -0.39 is 36.3 Å².